The number of hydrogen-bond acceptors (Lipinski definition) is 5. The van der Waals surface area contributed by atoms with E-state index < -0.39 is 5.97 Å². The summed E-state index contributed by atoms with van der Waals surface area (Å²) < 4.78 is 5.75. The van der Waals surface area contributed by atoms with Crippen molar-refractivity contribution in [2.75, 3.05) is 5.32 Å². The van der Waals surface area contributed by atoms with Gasteiger partial charge in [-0.1, -0.05) is 53.5 Å². The van der Waals surface area contributed by atoms with E-state index in [0.717, 1.165) is 5.56 Å². The Kier molecular flexibility index (Phi) is 5.61. The van der Waals surface area contributed by atoms with Gasteiger partial charge in [-0.15, -0.1) is 0 Å². The van der Waals surface area contributed by atoms with Gasteiger partial charge in [-0.05, 0) is 29.8 Å². The predicted molar refractivity (Wildman–Crippen MR) is 99.1 cm³/mol. The summed E-state index contributed by atoms with van der Waals surface area (Å²) >= 11 is 12.6. The van der Waals surface area contributed by atoms with Crippen LogP contribution in [-0.4, -0.2) is 11.0 Å². The fourth-order valence-electron chi connectivity index (χ4n) is 2.28. The molecule has 1 aromatic heterocycles. The van der Waals surface area contributed by atoms with Crippen molar-refractivity contribution >= 4 is 40.7 Å². The molecule has 0 aliphatic heterocycles. The van der Waals surface area contributed by atoms with Crippen LogP contribution in [0.2, 0.25) is 10.0 Å². The highest BCUT2D eigenvalue weighted by Gasteiger charge is 2.15. The summed E-state index contributed by atoms with van der Waals surface area (Å²) in [6.45, 7) is 0.329. The Morgan fingerprint density at radius 1 is 1.08 bits per heavy atom. The second kappa shape index (κ2) is 8.08. The van der Waals surface area contributed by atoms with Gasteiger partial charge < -0.3 is 20.0 Å². The first-order valence-electron chi connectivity index (χ1n) is 7.64. The number of nitrogens with one attached hydrogen (secondary N) is 1. The smallest absolute Gasteiger partial charge is 0.140 e. The van der Waals surface area contributed by atoms with Gasteiger partial charge >= 0.3 is 0 Å². The number of carboxylic acid groups (broad SMARTS) is 1. The van der Waals surface area contributed by atoms with Crippen molar-refractivity contribution in [1.29, 1.82) is 0 Å². The highest BCUT2D eigenvalue weighted by Crippen LogP contribution is 2.39. The summed E-state index contributed by atoms with van der Waals surface area (Å²) in [7, 11) is 0. The standard InChI is InChI=1S/C19H14Cl2N2O3/c20-14-8-9-15(26-11-12-5-2-1-3-6-12)16(21)17(14)23-18-13(19(24)25)7-4-10-22-18/h1-10H,11H2,(H,22,23)(H,24,25)/p-1. The van der Waals surface area contributed by atoms with Gasteiger partial charge in [0.2, 0.25) is 0 Å². The summed E-state index contributed by atoms with van der Waals surface area (Å²) in [6.07, 6.45) is 1.45. The molecule has 0 amide bonds. The van der Waals surface area contributed by atoms with Gasteiger partial charge in [0.15, 0.2) is 0 Å². The van der Waals surface area contributed by atoms with E-state index in [1.54, 1.807) is 12.1 Å². The van der Waals surface area contributed by atoms with Crippen LogP contribution in [0.15, 0.2) is 60.8 Å². The van der Waals surface area contributed by atoms with Gasteiger partial charge in [0.1, 0.15) is 23.2 Å². The molecule has 5 nitrogen and oxygen atoms in total. The number of carbonyl (C=O) groups is 1. The number of hydrogen-bond donors (Lipinski definition) is 1. The molecule has 1 N–H and O–H groups in total. The van der Waals surface area contributed by atoms with Crippen LogP contribution in [0.25, 0.3) is 0 Å². The lowest BCUT2D eigenvalue weighted by atomic mass is 10.2. The van der Waals surface area contributed by atoms with Gasteiger partial charge in [0.25, 0.3) is 0 Å². The topological polar surface area (TPSA) is 74.3 Å². The minimum atomic E-state index is -1.36. The van der Waals surface area contributed by atoms with Crippen LogP contribution >= 0.6 is 23.2 Å². The minimum Gasteiger partial charge on any atom is -0.545 e. The Hall–Kier alpha value is -2.76. The van der Waals surface area contributed by atoms with E-state index in [4.69, 9.17) is 27.9 Å². The molecule has 26 heavy (non-hydrogen) atoms. The molecule has 2 aromatic carbocycles. The van der Waals surface area contributed by atoms with E-state index in [1.165, 1.54) is 18.3 Å². The summed E-state index contributed by atoms with van der Waals surface area (Å²) in [4.78, 5) is 15.2. The first kappa shape index (κ1) is 18.0. The lowest BCUT2D eigenvalue weighted by Crippen LogP contribution is -2.23. The van der Waals surface area contributed by atoms with Crippen LogP contribution < -0.4 is 15.2 Å². The Morgan fingerprint density at radius 2 is 1.85 bits per heavy atom. The highest BCUT2D eigenvalue weighted by atomic mass is 35.5. The third kappa shape index (κ3) is 4.07. The Labute approximate surface area is 160 Å². The summed E-state index contributed by atoms with van der Waals surface area (Å²) in [5.74, 6) is -0.866. The van der Waals surface area contributed by atoms with Crippen molar-refractivity contribution in [2.45, 2.75) is 6.61 Å². The van der Waals surface area contributed by atoms with Gasteiger partial charge in [-0.2, -0.15) is 0 Å². The largest absolute Gasteiger partial charge is 0.545 e. The fraction of sp³-hybridized carbons (Fsp3) is 0.0526. The number of aromatic nitrogens is 1. The number of carbonyl (C=O) groups excluding carboxylic acids is 1. The third-order valence-electron chi connectivity index (χ3n) is 3.56. The monoisotopic (exact) mass is 387 g/mol. The third-order valence-corrected chi connectivity index (χ3v) is 4.25. The number of nitrogens with zero attached hydrogens (tertiary/aromatic N) is 1. The van der Waals surface area contributed by atoms with E-state index in [1.807, 2.05) is 30.3 Å². The highest BCUT2D eigenvalue weighted by molar-refractivity contribution is 6.40. The van der Waals surface area contributed by atoms with Crippen molar-refractivity contribution in [3.8, 4) is 5.75 Å². The van der Waals surface area contributed by atoms with Crippen molar-refractivity contribution in [3.05, 3.63) is 82.0 Å². The average Bonchev–Trinajstić information content (AvgIpc) is 2.65. The quantitative estimate of drug-likeness (QED) is 0.689. The lowest BCUT2D eigenvalue weighted by molar-refractivity contribution is -0.254. The number of ether oxygens (including phenoxy) is 1. The molecular weight excluding hydrogens is 375 g/mol. The lowest BCUT2D eigenvalue weighted by Gasteiger charge is -2.16. The molecule has 0 spiro atoms. The van der Waals surface area contributed by atoms with Crippen LogP contribution in [0.1, 0.15) is 15.9 Å². The zero-order valence-electron chi connectivity index (χ0n) is 13.4. The fourth-order valence-corrected chi connectivity index (χ4v) is 2.80. The molecule has 3 rings (SSSR count). The molecule has 0 saturated carbocycles. The first-order chi connectivity index (χ1) is 12.6. The van der Waals surface area contributed by atoms with Crippen molar-refractivity contribution in [2.24, 2.45) is 0 Å². The van der Waals surface area contributed by atoms with E-state index in [-0.39, 0.29) is 16.4 Å². The van der Waals surface area contributed by atoms with Gasteiger partial charge in [0.05, 0.1) is 16.7 Å². The summed E-state index contributed by atoms with van der Waals surface area (Å²) in [5, 5.41) is 14.6. The number of halogens is 2. The van der Waals surface area contributed by atoms with Crippen LogP contribution in [0, 0.1) is 0 Å². The van der Waals surface area contributed by atoms with Gasteiger partial charge in [0, 0.05) is 11.8 Å². The van der Waals surface area contributed by atoms with Crippen LogP contribution in [0.4, 0.5) is 11.5 Å². The number of carboxylic acids is 1. The molecule has 7 heteroatoms. The zero-order chi connectivity index (χ0) is 18.5. The number of pyridine rings is 1. The maximum Gasteiger partial charge on any atom is 0.140 e. The van der Waals surface area contributed by atoms with E-state index in [9.17, 15) is 9.90 Å². The maximum atomic E-state index is 11.2. The SMILES string of the molecule is O=C([O-])c1cccnc1Nc1c(Cl)ccc(OCc2ccccc2)c1Cl. The second-order valence-electron chi connectivity index (χ2n) is 5.32. The molecule has 132 valence electrons. The van der Waals surface area contributed by atoms with Crippen LogP contribution in [0.5, 0.6) is 5.75 Å². The molecule has 0 unspecified atom stereocenters. The maximum absolute atomic E-state index is 11.2. The van der Waals surface area contributed by atoms with Gasteiger partial charge in [-0.3, -0.25) is 0 Å². The molecule has 0 aliphatic carbocycles. The Balaban J connectivity index is 1.87. The number of anilines is 2. The predicted octanol–water partition coefficient (Wildman–Crippen LogP) is 4.07. The van der Waals surface area contributed by atoms with Crippen molar-refractivity contribution < 1.29 is 14.6 Å². The van der Waals surface area contributed by atoms with Gasteiger partial charge in [-0.25, -0.2) is 4.98 Å². The number of benzene rings is 2. The zero-order valence-corrected chi connectivity index (χ0v) is 14.9. The number of rotatable bonds is 6. The molecule has 0 aliphatic rings. The Bertz CT molecular complexity index is 933. The molecule has 0 bridgehead atoms. The molecule has 0 saturated heterocycles. The van der Waals surface area contributed by atoms with Crippen molar-refractivity contribution in [1.82, 2.24) is 4.98 Å². The van der Waals surface area contributed by atoms with E-state index >= 15 is 0 Å². The minimum absolute atomic E-state index is 0.0801. The molecule has 0 atom stereocenters. The summed E-state index contributed by atoms with van der Waals surface area (Å²) in [5.41, 5.74) is 1.19. The Morgan fingerprint density at radius 3 is 2.58 bits per heavy atom. The summed E-state index contributed by atoms with van der Waals surface area (Å²) in [6, 6.07) is 15.7. The molecule has 1 heterocycles. The molecule has 0 radical (unpaired) electrons. The second-order valence-corrected chi connectivity index (χ2v) is 6.11. The molecular formula is C19H13Cl2N2O3-. The first-order valence-corrected chi connectivity index (χ1v) is 8.40. The molecule has 0 fully saturated rings. The number of aromatic carboxylic acids is 1. The van der Waals surface area contributed by atoms with E-state index in [2.05, 4.69) is 10.3 Å². The van der Waals surface area contributed by atoms with Crippen LogP contribution in [-0.2, 0) is 6.61 Å². The average molecular weight is 388 g/mol. The van der Waals surface area contributed by atoms with Crippen LogP contribution in [0.3, 0.4) is 0 Å². The normalized spacial score (nSPS) is 10.4. The molecule has 3 aromatic rings. The van der Waals surface area contributed by atoms with E-state index in [0.29, 0.717) is 23.1 Å². The van der Waals surface area contributed by atoms with Crippen molar-refractivity contribution in [3.63, 3.8) is 0 Å².